The first-order valence-corrected chi connectivity index (χ1v) is 6.89. The lowest BCUT2D eigenvalue weighted by Crippen LogP contribution is -2.25. The van der Waals surface area contributed by atoms with E-state index in [1.807, 2.05) is 6.92 Å². The van der Waals surface area contributed by atoms with E-state index >= 15 is 0 Å². The van der Waals surface area contributed by atoms with Gasteiger partial charge in [-0.2, -0.15) is 0 Å². The second-order valence-electron chi connectivity index (χ2n) is 4.47. The maximum atomic E-state index is 12.0. The Bertz CT molecular complexity index is 728. The lowest BCUT2D eigenvalue weighted by atomic mass is 10.1. The van der Waals surface area contributed by atoms with E-state index in [2.05, 4.69) is 4.98 Å². The summed E-state index contributed by atoms with van der Waals surface area (Å²) in [5.74, 6) is 0.575. The van der Waals surface area contributed by atoms with Crippen molar-refractivity contribution in [3.63, 3.8) is 0 Å². The first-order valence-electron chi connectivity index (χ1n) is 6.51. The molecule has 0 aliphatic heterocycles. The van der Waals surface area contributed by atoms with Crippen molar-refractivity contribution in [2.24, 2.45) is 0 Å². The Balaban J connectivity index is 2.29. The predicted octanol–water partition coefficient (Wildman–Crippen LogP) is 2.61. The van der Waals surface area contributed by atoms with Gasteiger partial charge in [0.15, 0.2) is 0 Å². The van der Waals surface area contributed by atoms with E-state index in [4.69, 9.17) is 11.6 Å². The summed E-state index contributed by atoms with van der Waals surface area (Å²) in [6.07, 6.45) is 0.944. The summed E-state index contributed by atoms with van der Waals surface area (Å²) in [6, 6.07) is 7.76. The molecule has 7 heteroatoms. The fourth-order valence-corrected chi connectivity index (χ4v) is 2.36. The molecule has 110 valence electrons. The van der Waals surface area contributed by atoms with E-state index in [0.717, 1.165) is 0 Å². The summed E-state index contributed by atoms with van der Waals surface area (Å²) in [4.78, 5) is 26.6. The monoisotopic (exact) mass is 307 g/mol. The van der Waals surface area contributed by atoms with E-state index in [1.54, 1.807) is 18.2 Å². The Labute approximate surface area is 126 Å². The standard InChI is InChI=1S/C14H14ClN3O3/c1-2-13-16-12(15)9-14(19)17(13)8-7-10-5-3-4-6-11(10)18(20)21/h3-6,9H,2,7-8H2,1H3. The fourth-order valence-electron chi connectivity index (χ4n) is 2.16. The van der Waals surface area contributed by atoms with Crippen LogP contribution < -0.4 is 5.56 Å². The summed E-state index contributed by atoms with van der Waals surface area (Å²) in [7, 11) is 0. The van der Waals surface area contributed by atoms with Crippen LogP contribution in [0.4, 0.5) is 5.69 Å². The summed E-state index contributed by atoms with van der Waals surface area (Å²) in [5.41, 5.74) is 0.405. The molecule has 2 aromatic rings. The predicted molar refractivity (Wildman–Crippen MR) is 79.7 cm³/mol. The molecule has 0 amide bonds. The lowest BCUT2D eigenvalue weighted by molar-refractivity contribution is -0.385. The van der Waals surface area contributed by atoms with E-state index in [-0.39, 0.29) is 16.4 Å². The van der Waals surface area contributed by atoms with Crippen LogP contribution in [0.3, 0.4) is 0 Å². The minimum Gasteiger partial charge on any atom is -0.296 e. The molecule has 0 fully saturated rings. The number of nitro groups is 1. The van der Waals surface area contributed by atoms with Crippen molar-refractivity contribution < 1.29 is 4.92 Å². The summed E-state index contributed by atoms with van der Waals surface area (Å²) in [6.45, 7) is 2.20. The number of aryl methyl sites for hydroxylation is 2. The Kier molecular flexibility index (Phi) is 4.70. The highest BCUT2D eigenvalue weighted by molar-refractivity contribution is 6.29. The minimum atomic E-state index is -0.418. The van der Waals surface area contributed by atoms with E-state index < -0.39 is 4.92 Å². The number of hydrogen-bond donors (Lipinski definition) is 0. The number of para-hydroxylation sites is 1. The summed E-state index contributed by atoms with van der Waals surface area (Å²) in [5, 5.41) is 11.1. The Morgan fingerprint density at radius 1 is 1.38 bits per heavy atom. The number of halogens is 1. The van der Waals surface area contributed by atoms with Crippen molar-refractivity contribution in [2.45, 2.75) is 26.3 Å². The fraction of sp³-hybridized carbons (Fsp3) is 0.286. The second kappa shape index (κ2) is 6.49. The molecule has 0 atom stereocenters. The van der Waals surface area contributed by atoms with Crippen LogP contribution in [0.15, 0.2) is 35.1 Å². The average molecular weight is 308 g/mol. The zero-order chi connectivity index (χ0) is 15.4. The van der Waals surface area contributed by atoms with Gasteiger partial charge in [0.2, 0.25) is 0 Å². The van der Waals surface area contributed by atoms with Crippen LogP contribution in [0.1, 0.15) is 18.3 Å². The quantitative estimate of drug-likeness (QED) is 0.483. The highest BCUT2D eigenvalue weighted by Gasteiger charge is 2.13. The number of rotatable bonds is 5. The average Bonchev–Trinajstić information content (AvgIpc) is 2.45. The maximum Gasteiger partial charge on any atom is 0.272 e. The zero-order valence-corrected chi connectivity index (χ0v) is 12.2. The molecule has 0 unspecified atom stereocenters. The Hall–Kier alpha value is -2.21. The van der Waals surface area contributed by atoms with Crippen LogP contribution in [-0.2, 0) is 19.4 Å². The van der Waals surface area contributed by atoms with Crippen molar-refractivity contribution in [1.82, 2.24) is 9.55 Å². The molecule has 0 bridgehead atoms. The highest BCUT2D eigenvalue weighted by atomic mass is 35.5. The maximum absolute atomic E-state index is 12.0. The van der Waals surface area contributed by atoms with Crippen LogP contribution >= 0.6 is 11.6 Å². The molecule has 21 heavy (non-hydrogen) atoms. The number of benzene rings is 1. The molecular weight excluding hydrogens is 294 g/mol. The van der Waals surface area contributed by atoms with E-state index in [9.17, 15) is 14.9 Å². The SMILES string of the molecule is CCc1nc(Cl)cc(=O)n1CCc1ccccc1[N+](=O)[O-]. The molecule has 0 saturated carbocycles. The molecule has 1 aromatic heterocycles. The smallest absolute Gasteiger partial charge is 0.272 e. The van der Waals surface area contributed by atoms with Gasteiger partial charge in [-0.1, -0.05) is 36.7 Å². The van der Waals surface area contributed by atoms with Crippen LogP contribution in [0.25, 0.3) is 0 Å². The normalized spacial score (nSPS) is 10.6. The molecule has 6 nitrogen and oxygen atoms in total. The molecule has 2 rings (SSSR count). The highest BCUT2D eigenvalue weighted by Crippen LogP contribution is 2.18. The van der Waals surface area contributed by atoms with Crippen LogP contribution in [0.5, 0.6) is 0 Å². The van der Waals surface area contributed by atoms with Crippen LogP contribution in [0.2, 0.25) is 5.15 Å². The van der Waals surface area contributed by atoms with Crippen molar-refractivity contribution in [2.75, 3.05) is 0 Å². The van der Waals surface area contributed by atoms with Gasteiger partial charge < -0.3 is 0 Å². The Morgan fingerprint density at radius 2 is 2.10 bits per heavy atom. The molecule has 1 aromatic carbocycles. The minimum absolute atomic E-state index is 0.0607. The van der Waals surface area contributed by atoms with Gasteiger partial charge in [-0.15, -0.1) is 0 Å². The van der Waals surface area contributed by atoms with E-state index in [0.29, 0.717) is 30.8 Å². The largest absolute Gasteiger partial charge is 0.296 e. The van der Waals surface area contributed by atoms with E-state index in [1.165, 1.54) is 16.7 Å². The van der Waals surface area contributed by atoms with Crippen LogP contribution in [-0.4, -0.2) is 14.5 Å². The lowest BCUT2D eigenvalue weighted by Gasteiger charge is -2.11. The number of hydrogen-bond acceptors (Lipinski definition) is 4. The summed E-state index contributed by atoms with van der Waals surface area (Å²) >= 11 is 5.77. The van der Waals surface area contributed by atoms with Crippen molar-refractivity contribution in [3.05, 3.63) is 67.3 Å². The second-order valence-corrected chi connectivity index (χ2v) is 4.86. The third-order valence-electron chi connectivity index (χ3n) is 3.17. The first kappa shape index (κ1) is 15.2. The van der Waals surface area contributed by atoms with Gasteiger partial charge in [0.25, 0.3) is 11.2 Å². The molecular formula is C14H14ClN3O3. The molecule has 0 aliphatic carbocycles. The van der Waals surface area contributed by atoms with Gasteiger partial charge in [-0.05, 0) is 6.42 Å². The molecule has 0 radical (unpaired) electrons. The van der Waals surface area contributed by atoms with Gasteiger partial charge in [-0.3, -0.25) is 19.5 Å². The molecule has 1 heterocycles. The molecule has 0 saturated heterocycles. The van der Waals surface area contributed by atoms with Gasteiger partial charge in [0.05, 0.1) is 4.92 Å². The zero-order valence-electron chi connectivity index (χ0n) is 11.5. The van der Waals surface area contributed by atoms with Crippen molar-refractivity contribution >= 4 is 17.3 Å². The third kappa shape index (κ3) is 3.46. The number of aromatic nitrogens is 2. The van der Waals surface area contributed by atoms with Gasteiger partial charge in [0, 0.05) is 30.7 Å². The topological polar surface area (TPSA) is 78.0 Å². The van der Waals surface area contributed by atoms with Gasteiger partial charge >= 0.3 is 0 Å². The molecule has 0 N–H and O–H groups in total. The Morgan fingerprint density at radius 3 is 2.76 bits per heavy atom. The van der Waals surface area contributed by atoms with Gasteiger partial charge in [0.1, 0.15) is 11.0 Å². The van der Waals surface area contributed by atoms with Crippen molar-refractivity contribution in [1.29, 1.82) is 0 Å². The van der Waals surface area contributed by atoms with Crippen LogP contribution in [0, 0.1) is 10.1 Å². The molecule has 0 spiro atoms. The number of nitro benzene ring substituents is 1. The first-order chi connectivity index (χ1) is 10.0. The molecule has 0 aliphatic rings. The van der Waals surface area contributed by atoms with Crippen molar-refractivity contribution in [3.8, 4) is 0 Å². The van der Waals surface area contributed by atoms with Gasteiger partial charge in [-0.25, -0.2) is 4.98 Å². The summed E-state index contributed by atoms with van der Waals surface area (Å²) < 4.78 is 1.50. The third-order valence-corrected chi connectivity index (χ3v) is 3.36. The number of nitrogens with zero attached hydrogens (tertiary/aromatic N) is 3.